The van der Waals surface area contributed by atoms with Gasteiger partial charge in [0.1, 0.15) is 6.67 Å². The number of hydrogen-bond donors (Lipinski definition) is 1. The van der Waals surface area contributed by atoms with Gasteiger partial charge in [0.2, 0.25) is 0 Å². The van der Waals surface area contributed by atoms with E-state index < -0.39 is 0 Å². The summed E-state index contributed by atoms with van der Waals surface area (Å²) in [4.78, 5) is 2.42. The lowest BCUT2D eigenvalue weighted by Gasteiger charge is -2.54. The molecule has 16 heavy (non-hydrogen) atoms. The first-order valence-electron chi connectivity index (χ1n) is 6.64. The molecule has 0 atom stereocenters. The molecule has 0 amide bonds. The highest BCUT2D eigenvalue weighted by Gasteiger charge is 2.43. The summed E-state index contributed by atoms with van der Waals surface area (Å²) < 4.78 is 12.7. The van der Waals surface area contributed by atoms with Gasteiger partial charge in [-0.05, 0) is 26.7 Å². The molecular formula is C13H25FN2. The first-order chi connectivity index (χ1) is 7.58. The van der Waals surface area contributed by atoms with Crippen LogP contribution in [-0.4, -0.2) is 42.3 Å². The number of nitrogens with zero attached hydrogens (tertiary/aromatic N) is 1. The lowest BCUT2D eigenvalue weighted by molar-refractivity contribution is -0.0130. The van der Waals surface area contributed by atoms with Crippen LogP contribution in [0.2, 0.25) is 0 Å². The van der Waals surface area contributed by atoms with Gasteiger partial charge in [0.25, 0.3) is 0 Å². The van der Waals surface area contributed by atoms with E-state index in [4.69, 9.17) is 0 Å². The van der Waals surface area contributed by atoms with E-state index in [1.165, 1.54) is 32.1 Å². The zero-order chi connectivity index (χ0) is 11.6. The van der Waals surface area contributed by atoms with Gasteiger partial charge in [-0.3, -0.25) is 4.90 Å². The topological polar surface area (TPSA) is 15.3 Å². The van der Waals surface area contributed by atoms with Gasteiger partial charge < -0.3 is 5.32 Å². The highest BCUT2D eigenvalue weighted by Crippen LogP contribution is 2.36. The van der Waals surface area contributed by atoms with Gasteiger partial charge in [-0.25, -0.2) is 4.39 Å². The Hall–Kier alpha value is -0.150. The van der Waals surface area contributed by atoms with Crippen molar-refractivity contribution in [1.82, 2.24) is 10.2 Å². The Kier molecular flexibility index (Phi) is 3.55. The van der Waals surface area contributed by atoms with Crippen LogP contribution in [-0.2, 0) is 0 Å². The minimum atomic E-state index is -0.210. The Morgan fingerprint density at radius 2 is 1.88 bits per heavy atom. The Balaban J connectivity index is 2.10. The van der Waals surface area contributed by atoms with Gasteiger partial charge in [0.05, 0.1) is 0 Å². The Labute approximate surface area is 98.6 Å². The van der Waals surface area contributed by atoms with Crippen LogP contribution in [0.15, 0.2) is 0 Å². The second kappa shape index (κ2) is 4.61. The van der Waals surface area contributed by atoms with Crippen molar-refractivity contribution in [3.63, 3.8) is 0 Å². The number of halogens is 1. The maximum atomic E-state index is 12.7. The molecule has 0 bridgehead atoms. The van der Waals surface area contributed by atoms with Crippen molar-refractivity contribution < 1.29 is 4.39 Å². The largest absolute Gasteiger partial charge is 0.309 e. The Morgan fingerprint density at radius 3 is 2.50 bits per heavy atom. The third-order valence-corrected chi connectivity index (χ3v) is 4.29. The van der Waals surface area contributed by atoms with Gasteiger partial charge in [-0.2, -0.15) is 0 Å². The molecule has 2 nitrogen and oxygen atoms in total. The minimum Gasteiger partial charge on any atom is -0.309 e. The van der Waals surface area contributed by atoms with Gasteiger partial charge in [0, 0.05) is 30.7 Å². The standard InChI is InChI=1S/C13H25FN2/c1-12(2)11-16(9-8-14)13(10-15-12)6-4-3-5-7-13/h15H,3-11H2,1-2H3. The highest BCUT2D eigenvalue weighted by atomic mass is 19.1. The van der Waals surface area contributed by atoms with E-state index in [-0.39, 0.29) is 17.8 Å². The summed E-state index contributed by atoms with van der Waals surface area (Å²) in [6.07, 6.45) is 6.47. The second-order valence-corrected chi connectivity index (χ2v) is 6.13. The zero-order valence-electron chi connectivity index (χ0n) is 10.7. The summed E-state index contributed by atoms with van der Waals surface area (Å²) in [5, 5.41) is 3.64. The van der Waals surface area contributed by atoms with E-state index >= 15 is 0 Å². The van der Waals surface area contributed by atoms with Crippen LogP contribution in [0, 0.1) is 0 Å². The van der Waals surface area contributed by atoms with Crippen molar-refractivity contribution >= 4 is 0 Å². The lowest BCUT2D eigenvalue weighted by Crippen LogP contribution is -2.69. The van der Waals surface area contributed by atoms with Crippen LogP contribution in [0.4, 0.5) is 4.39 Å². The SMILES string of the molecule is CC1(C)CN(CCF)C2(CCCCC2)CN1. The fourth-order valence-corrected chi connectivity index (χ4v) is 3.34. The second-order valence-electron chi connectivity index (χ2n) is 6.13. The molecule has 94 valence electrons. The molecular weight excluding hydrogens is 203 g/mol. The smallest absolute Gasteiger partial charge is 0.102 e. The summed E-state index contributed by atoms with van der Waals surface area (Å²) in [5.41, 5.74) is 0.401. The van der Waals surface area contributed by atoms with Crippen LogP contribution >= 0.6 is 0 Å². The molecule has 2 fully saturated rings. The molecule has 1 heterocycles. The van der Waals surface area contributed by atoms with Crippen LogP contribution in [0.1, 0.15) is 46.0 Å². The van der Waals surface area contributed by atoms with Crippen LogP contribution in [0.5, 0.6) is 0 Å². The van der Waals surface area contributed by atoms with E-state index in [0.29, 0.717) is 6.54 Å². The zero-order valence-corrected chi connectivity index (χ0v) is 10.7. The molecule has 1 spiro atoms. The van der Waals surface area contributed by atoms with E-state index in [1.54, 1.807) is 0 Å². The van der Waals surface area contributed by atoms with Crippen molar-refractivity contribution in [2.75, 3.05) is 26.3 Å². The molecule has 0 radical (unpaired) electrons. The van der Waals surface area contributed by atoms with Crippen molar-refractivity contribution in [3.8, 4) is 0 Å². The molecule has 1 saturated heterocycles. The molecule has 3 heteroatoms. The minimum absolute atomic E-state index is 0.137. The summed E-state index contributed by atoms with van der Waals surface area (Å²) in [6, 6.07) is 0. The normalized spacial score (nSPS) is 29.4. The molecule has 2 aliphatic rings. The van der Waals surface area contributed by atoms with Gasteiger partial charge in [-0.1, -0.05) is 19.3 Å². The molecule has 0 unspecified atom stereocenters. The first-order valence-corrected chi connectivity index (χ1v) is 6.64. The maximum Gasteiger partial charge on any atom is 0.102 e. The van der Waals surface area contributed by atoms with Crippen molar-refractivity contribution in [2.45, 2.75) is 57.0 Å². The van der Waals surface area contributed by atoms with E-state index in [9.17, 15) is 4.39 Å². The highest BCUT2D eigenvalue weighted by molar-refractivity contribution is 5.03. The summed E-state index contributed by atoms with van der Waals surface area (Å²) >= 11 is 0. The third kappa shape index (κ3) is 2.40. The Morgan fingerprint density at radius 1 is 1.19 bits per heavy atom. The van der Waals surface area contributed by atoms with Crippen molar-refractivity contribution in [1.29, 1.82) is 0 Å². The number of nitrogens with one attached hydrogen (secondary N) is 1. The van der Waals surface area contributed by atoms with Crippen LogP contribution in [0.25, 0.3) is 0 Å². The third-order valence-electron chi connectivity index (χ3n) is 4.29. The first kappa shape index (κ1) is 12.3. The van der Waals surface area contributed by atoms with E-state index in [1.807, 2.05) is 0 Å². The average Bonchev–Trinajstić information content (AvgIpc) is 2.26. The van der Waals surface area contributed by atoms with Crippen LogP contribution < -0.4 is 5.32 Å². The number of rotatable bonds is 2. The predicted octanol–water partition coefficient (Wildman–Crippen LogP) is 2.34. The summed E-state index contributed by atoms with van der Waals surface area (Å²) in [6.45, 7) is 6.86. The van der Waals surface area contributed by atoms with E-state index in [2.05, 4.69) is 24.1 Å². The molecule has 0 aromatic heterocycles. The fraction of sp³-hybridized carbons (Fsp3) is 1.00. The predicted molar refractivity (Wildman–Crippen MR) is 65.4 cm³/mol. The Bertz CT molecular complexity index is 234. The van der Waals surface area contributed by atoms with Crippen LogP contribution in [0.3, 0.4) is 0 Å². The number of alkyl halides is 1. The maximum absolute atomic E-state index is 12.7. The molecule has 0 aromatic carbocycles. The average molecular weight is 228 g/mol. The fourth-order valence-electron chi connectivity index (χ4n) is 3.34. The van der Waals surface area contributed by atoms with Gasteiger partial charge in [-0.15, -0.1) is 0 Å². The molecule has 1 saturated carbocycles. The van der Waals surface area contributed by atoms with Gasteiger partial charge >= 0.3 is 0 Å². The van der Waals surface area contributed by atoms with Gasteiger partial charge in [0.15, 0.2) is 0 Å². The monoisotopic (exact) mass is 228 g/mol. The molecule has 1 N–H and O–H groups in total. The number of hydrogen-bond acceptors (Lipinski definition) is 2. The quantitative estimate of drug-likeness (QED) is 0.780. The molecule has 2 rings (SSSR count). The molecule has 1 aliphatic carbocycles. The lowest BCUT2D eigenvalue weighted by atomic mass is 9.77. The van der Waals surface area contributed by atoms with E-state index in [0.717, 1.165) is 13.1 Å². The molecule has 0 aromatic rings. The summed E-state index contributed by atoms with van der Waals surface area (Å²) in [7, 11) is 0. The summed E-state index contributed by atoms with van der Waals surface area (Å²) in [5.74, 6) is 0. The van der Waals surface area contributed by atoms with Crippen molar-refractivity contribution in [3.05, 3.63) is 0 Å². The molecule has 1 aliphatic heterocycles. The number of piperazine rings is 1. The van der Waals surface area contributed by atoms with Crippen molar-refractivity contribution in [2.24, 2.45) is 0 Å².